The van der Waals surface area contributed by atoms with Crippen LogP contribution in [0.15, 0.2) is 17.1 Å². The topological polar surface area (TPSA) is 245 Å². The number of carbonyl (C=O) groups is 1. The number of thioether (sulfide) groups is 1. The van der Waals surface area contributed by atoms with E-state index in [4.69, 9.17) is 19.7 Å². The summed E-state index contributed by atoms with van der Waals surface area (Å²) in [5.74, 6) is 0.421. The number of carbonyl (C=O) groups excluding carboxylic acids is 1. The van der Waals surface area contributed by atoms with Crippen molar-refractivity contribution >= 4 is 39.2 Å². The number of nitrogen functional groups attached to an aromatic ring is 1. The average Bonchev–Trinajstić information content (AvgIpc) is 3.46. The first-order valence-electron chi connectivity index (χ1n) is 22.0. The SMILES string of the molecule is CCCCCCCCCCCCCCCCSCC(COP(=O)([O-])OP(=O)([O-])OC[C@H]1OC(n2ccc(N)nc2=O)[C@@H](O)[C@@H]1O)OC(=O)CCCCCCCCCCC.[Na+].[Na+]. The molecule has 1 saturated heterocycles. The molecule has 0 bridgehead atoms. The van der Waals surface area contributed by atoms with E-state index >= 15 is 0 Å². The fraction of sp³-hybridized carbons (Fsp3) is 0.875. The maximum Gasteiger partial charge on any atom is 1.00 e. The molecule has 344 valence electrons. The second-order valence-electron chi connectivity index (χ2n) is 15.5. The number of ether oxygens (including phenoxy) is 2. The van der Waals surface area contributed by atoms with Crippen molar-refractivity contribution in [2.24, 2.45) is 0 Å². The number of hydrogen-bond acceptors (Lipinski definition) is 16. The fourth-order valence-electron chi connectivity index (χ4n) is 6.78. The molecular formula is C40H73N3Na2O13P2S. The van der Waals surface area contributed by atoms with Gasteiger partial charge >= 0.3 is 70.8 Å². The van der Waals surface area contributed by atoms with Crippen LogP contribution in [0.3, 0.4) is 0 Å². The van der Waals surface area contributed by atoms with Crippen molar-refractivity contribution in [3.05, 3.63) is 22.7 Å². The van der Waals surface area contributed by atoms with Crippen LogP contribution >= 0.6 is 27.4 Å². The van der Waals surface area contributed by atoms with Gasteiger partial charge in [0.2, 0.25) is 0 Å². The van der Waals surface area contributed by atoms with Crippen LogP contribution in [-0.4, -0.2) is 74.9 Å². The molecule has 1 fully saturated rings. The summed E-state index contributed by atoms with van der Waals surface area (Å²) in [6.45, 7) is 2.78. The number of nitrogens with zero attached hydrogens (tertiary/aromatic N) is 2. The van der Waals surface area contributed by atoms with Crippen LogP contribution in [0, 0.1) is 0 Å². The molecule has 1 aliphatic rings. The van der Waals surface area contributed by atoms with Crippen LogP contribution in [0.2, 0.25) is 0 Å². The van der Waals surface area contributed by atoms with Gasteiger partial charge in [-0.2, -0.15) is 16.7 Å². The molecule has 7 atom stereocenters. The summed E-state index contributed by atoms with van der Waals surface area (Å²) >= 11 is 1.50. The standard InChI is InChI=1S/C40H75N3O13P2S.2Na/c1-3-5-7-9-11-13-14-15-16-17-19-21-23-25-29-59-32-33(54-36(44)26-24-22-20-18-12-10-8-6-4-2)30-52-57(48,49)56-58(50,51)53-31-34-37(45)38(46)39(55-34)43-28-27-35(41)42-40(43)47;;/h27-28,33-34,37-39,45-46H,3-26,29-32H2,1-2H3,(H,48,49)(H,50,51)(H2,41,42,47);;/q;2*+1/p-2/t33?,34-,37-,38+,39?;;/m1../s1. The van der Waals surface area contributed by atoms with E-state index in [1.807, 2.05) is 0 Å². The molecule has 2 heterocycles. The predicted molar refractivity (Wildman–Crippen MR) is 226 cm³/mol. The van der Waals surface area contributed by atoms with Gasteiger partial charge in [-0.25, -0.2) is 9.11 Å². The molecule has 2 rings (SSSR count). The number of aromatic nitrogens is 2. The number of aliphatic hydroxyl groups is 2. The van der Waals surface area contributed by atoms with Gasteiger partial charge in [-0.15, -0.1) is 0 Å². The third kappa shape index (κ3) is 29.1. The number of esters is 1. The average molecular weight is 944 g/mol. The summed E-state index contributed by atoms with van der Waals surface area (Å²) in [7, 11) is -11.2. The Bertz CT molecular complexity index is 1440. The maximum absolute atomic E-state index is 12.7. The van der Waals surface area contributed by atoms with Gasteiger partial charge in [0.1, 0.15) is 30.2 Å². The van der Waals surface area contributed by atoms with Gasteiger partial charge in [0.15, 0.2) is 6.23 Å². The number of anilines is 1. The van der Waals surface area contributed by atoms with Crippen molar-refractivity contribution in [3.8, 4) is 0 Å². The molecule has 16 nitrogen and oxygen atoms in total. The number of unbranched alkanes of at least 4 members (excludes halogenated alkanes) is 21. The zero-order valence-corrected chi connectivity index (χ0v) is 44.1. The first-order chi connectivity index (χ1) is 28.3. The molecule has 1 aromatic heterocycles. The van der Waals surface area contributed by atoms with E-state index < -0.39 is 71.2 Å². The quantitative estimate of drug-likeness (QED) is 0.0370. The van der Waals surface area contributed by atoms with Crippen molar-refractivity contribution < 1.29 is 116 Å². The molecule has 0 aromatic carbocycles. The number of nitrogens with two attached hydrogens (primary N) is 1. The Morgan fingerprint density at radius 1 is 0.803 bits per heavy atom. The van der Waals surface area contributed by atoms with Gasteiger partial charge in [-0.05, 0) is 24.7 Å². The first-order valence-corrected chi connectivity index (χ1v) is 26.1. The monoisotopic (exact) mass is 943 g/mol. The summed E-state index contributed by atoms with van der Waals surface area (Å²) < 4.78 is 50.8. The van der Waals surface area contributed by atoms with E-state index in [2.05, 4.69) is 27.7 Å². The normalized spacial score (nSPS) is 20.0. The zero-order valence-electron chi connectivity index (χ0n) is 37.5. The number of aliphatic hydroxyl groups excluding tert-OH is 2. The largest absolute Gasteiger partial charge is 1.00 e. The van der Waals surface area contributed by atoms with E-state index in [1.165, 1.54) is 127 Å². The van der Waals surface area contributed by atoms with Crippen molar-refractivity contribution in [3.63, 3.8) is 0 Å². The van der Waals surface area contributed by atoms with Crippen molar-refractivity contribution in [1.29, 1.82) is 0 Å². The Kier molecular flexibility index (Phi) is 37.1. The van der Waals surface area contributed by atoms with Gasteiger partial charge in [0, 0.05) is 18.4 Å². The summed E-state index contributed by atoms with van der Waals surface area (Å²) in [5, 5.41) is 20.8. The zero-order chi connectivity index (χ0) is 43.4. The molecule has 1 aliphatic heterocycles. The summed E-state index contributed by atoms with van der Waals surface area (Å²) in [5.41, 5.74) is 4.58. The second-order valence-corrected chi connectivity index (χ2v) is 19.6. The van der Waals surface area contributed by atoms with E-state index in [1.54, 1.807) is 0 Å². The van der Waals surface area contributed by atoms with Crippen LogP contribution in [0.4, 0.5) is 5.82 Å². The van der Waals surface area contributed by atoms with Gasteiger partial charge in [-0.1, -0.05) is 149 Å². The van der Waals surface area contributed by atoms with Crippen molar-refractivity contribution in [1.82, 2.24) is 9.55 Å². The third-order valence-electron chi connectivity index (χ3n) is 10.2. The van der Waals surface area contributed by atoms with Gasteiger partial charge < -0.3 is 44.3 Å². The van der Waals surface area contributed by atoms with Crippen LogP contribution in [-0.2, 0) is 36.8 Å². The van der Waals surface area contributed by atoms with Crippen molar-refractivity contribution in [2.75, 3.05) is 30.5 Å². The molecule has 4 unspecified atom stereocenters. The molecule has 4 N–H and O–H groups in total. The van der Waals surface area contributed by atoms with Crippen LogP contribution < -0.4 is 80.3 Å². The minimum atomic E-state index is -5.63. The molecule has 1 aromatic rings. The van der Waals surface area contributed by atoms with Crippen LogP contribution in [0.1, 0.15) is 174 Å². The molecule has 0 radical (unpaired) electrons. The van der Waals surface area contributed by atoms with Crippen molar-refractivity contribution in [2.45, 2.75) is 199 Å². The Hall–Kier alpha value is 0.640. The third-order valence-corrected chi connectivity index (χ3v) is 13.9. The van der Waals surface area contributed by atoms with E-state index in [0.717, 1.165) is 48.8 Å². The maximum atomic E-state index is 12.7. The Morgan fingerprint density at radius 3 is 1.79 bits per heavy atom. The number of phosphoric ester groups is 2. The second kappa shape index (κ2) is 36.7. The van der Waals surface area contributed by atoms with Gasteiger partial charge in [0.25, 0.3) is 15.6 Å². The summed E-state index contributed by atoms with van der Waals surface area (Å²) in [4.78, 5) is 53.6. The molecule has 0 spiro atoms. The predicted octanol–water partition coefficient (Wildman–Crippen LogP) is 1.49. The summed E-state index contributed by atoms with van der Waals surface area (Å²) in [6.07, 6.45) is 21.1. The molecular weight excluding hydrogens is 870 g/mol. The Labute approximate surface area is 413 Å². The van der Waals surface area contributed by atoms with Crippen LogP contribution in [0.5, 0.6) is 0 Å². The minimum Gasteiger partial charge on any atom is -0.756 e. The Balaban J connectivity index is 0.0000180. The molecule has 21 heteroatoms. The first kappa shape index (κ1) is 61.6. The number of hydrogen-bond donors (Lipinski definition) is 3. The molecule has 0 saturated carbocycles. The molecule has 0 amide bonds. The smallest absolute Gasteiger partial charge is 0.756 e. The van der Waals surface area contributed by atoms with Crippen LogP contribution in [0.25, 0.3) is 0 Å². The van der Waals surface area contributed by atoms with E-state index in [-0.39, 0.29) is 77.1 Å². The summed E-state index contributed by atoms with van der Waals surface area (Å²) in [6, 6.07) is 1.25. The minimum absolute atomic E-state index is 0. The van der Waals surface area contributed by atoms with Gasteiger partial charge in [-0.3, -0.25) is 18.5 Å². The van der Waals surface area contributed by atoms with E-state index in [0.29, 0.717) is 6.42 Å². The van der Waals surface area contributed by atoms with Gasteiger partial charge in [0.05, 0.1) is 13.2 Å². The fourth-order valence-corrected chi connectivity index (χ4v) is 9.82. The number of phosphoric acid groups is 2. The Morgan fingerprint density at radius 2 is 1.28 bits per heavy atom. The molecule has 0 aliphatic carbocycles. The number of rotatable bonds is 37. The molecule has 61 heavy (non-hydrogen) atoms. The van der Waals surface area contributed by atoms with E-state index in [9.17, 15) is 38.7 Å².